The van der Waals surface area contributed by atoms with Crippen LogP contribution in [0.3, 0.4) is 0 Å². The van der Waals surface area contributed by atoms with Crippen LogP contribution in [0.2, 0.25) is 0 Å². The Labute approximate surface area is 79.2 Å². The predicted molar refractivity (Wildman–Crippen MR) is 52.2 cm³/mol. The molecule has 0 fully saturated rings. The second-order valence-electron chi connectivity index (χ2n) is 2.27. The molecule has 2 N–H and O–H groups in total. The summed E-state index contributed by atoms with van der Waals surface area (Å²) in [7, 11) is 0. The number of hydrogen-bond donors (Lipinski definition) is 1. The molecule has 1 nitrogen and oxygen atoms in total. The van der Waals surface area contributed by atoms with E-state index < -0.39 is 0 Å². The Balaban J connectivity index is 3.04. The molecule has 1 rings (SSSR count). The maximum Gasteiger partial charge on any atom is 0.131 e. The Kier molecular flexibility index (Phi) is 3.44. The quantitative estimate of drug-likeness (QED) is 0.830. The second-order valence-corrected chi connectivity index (χ2v) is 3.13. The van der Waals surface area contributed by atoms with Gasteiger partial charge in [-0.05, 0) is 12.1 Å². The van der Waals surface area contributed by atoms with E-state index >= 15 is 0 Å². The summed E-state index contributed by atoms with van der Waals surface area (Å²) in [6.07, 6.45) is 3.38. The minimum Gasteiger partial charge on any atom is -0.327 e. The number of benzene rings is 1. The first-order valence-corrected chi connectivity index (χ1v) is 4.35. The van der Waals surface area contributed by atoms with Gasteiger partial charge in [0, 0.05) is 16.6 Å². The van der Waals surface area contributed by atoms with Crippen molar-refractivity contribution in [3.63, 3.8) is 0 Å². The molecule has 3 heteroatoms. The summed E-state index contributed by atoms with van der Waals surface area (Å²) in [5.74, 6) is -0.242. The molecule has 0 bridgehead atoms. The molecule has 64 valence electrons. The third-order valence-electron chi connectivity index (χ3n) is 1.42. The van der Waals surface area contributed by atoms with Gasteiger partial charge >= 0.3 is 0 Å². The van der Waals surface area contributed by atoms with Gasteiger partial charge in [-0.1, -0.05) is 34.1 Å². The summed E-state index contributed by atoms with van der Waals surface area (Å²) in [4.78, 5) is 0. The number of nitrogens with two attached hydrogens (primary N) is 1. The molecule has 0 unspecified atom stereocenters. The van der Waals surface area contributed by atoms with E-state index in [4.69, 9.17) is 5.73 Å². The van der Waals surface area contributed by atoms with Crippen LogP contribution in [0.15, 0.2) is 28.7 Å². The van der Waals surface area contributed by atoms with Crippen LogP contribution in [-0.4, -0.2) is 6.54 Å². The first kappa shape index (κ1) is 9.42. The average Bonchev–Trinajstić information content (AvgIpc) is 2.04. The van der Waals surface area contributed by atoms with Crippen molar-refractivity contribution in [3.8, 4) is 0 Å². The molecule has 12 heavy (non-hydrogen) atoms. The van der Waals surface area contributed by atoms with Crippen LogP contribution in [0.25, 0.3) is 6.08 Å². The van der Waals surface area contributed by atoms with Gasteiger partial charge in [0.2, 0.25) is 0 Å². The topological polar surface area (TPSA) is 26.0 Å². The lowest BCUT2D eigenvalue weighted by atomic mass is 10.2. The highest BCUT2D eigenvalue weighted by Gasteiger charge is 2.00. The van der Waals surface area contributed by atoms with Crippen molar-refractivity contribution in [2.45, 2.75) is 0 Å². The first-order chi connectivity index (χ1) is 5.75. The minimum atomic E-state index is -0.242. The summed E-state index contributed by atoms with van der Waals surface area (Å²) in [5.41, 5.74) is 5.80. The average molecular weight is 230 g/mol. The van der Waals surface area contributed by atoms with Gasteiger partial charge in [0.15, 0.2) is 0 Å². The molecule has 0 saturated carbocycles. The summed E-state index contributed by atoms with van der Waals surface area (Å²) in [6, 6.07) is 4.86. The second kappa shape index (κ2) is 4.38. The lowest BCUT2D eigenvalue weighted by Crippen LogP contribution is -1.92. The zero-order valence-electron chi connectivity index (χ0n) is 6.43. The van der Waals surface area contributed by atoms with Crippen molar-refractivity contribution in [2.75, 3.05) is 6.54 Å². The van der Waals surface area contributed by atoms with Crippen LogP contribution in [0, 0.1) is 5.82 Å². The monoisotopic (exact) mass is 229 g/mol. The highest BCUT2D eigenvalue weighted by atomic mass is 79.9. The molecule has 1 aromatic rings. The van der Waals surface area contributed by atoms with Crippen LogP contribution in [0.4, 0.5) is 4.39 Å². The van der Waals surface area contributed by atoms with Crippen LogP contribution < -0.4 is 5.73 Å². The normalized spacial score (nSPS) is 10.9. The third-order valence-corrected chi connectivity index (χ3v) is 2.11. The minimum absolute atomic E-state index is 0.242. The predicted octanol–water partition coefficient (Wildman–Crippen LogP) is 2.56. The Morgan fingerprint density at radius 2 is 2.25 bits per heavy atom. The molecular weight excluding hydrogens is 221 g/mol. The highest BCUT2D eigenvalue weighted by Crippen LogP contribution is 2.20. The molecule has 0 amide bonds. The summed E-state index contributed by atoms with van der Waals surface area (Å²) >= 11 is 3.25. The SMILES string of the molecule is NC/C=C/c1c(F)cccc1Br. The first-order valence-electron chi connectivity index (χ1n) is 3.56. The fourth-order valence-corrected chi connectivity index (χ4v) is 1.33. The van der Waals surface area contributed by atoms with E-state index in [0.29, 0.717) is 12.1 Å². The van der Waals surface area contributed by atoms with Crippen molar-refractivity contribution >= 4 is 22.0 Å². The maximum absolute atomic E-state index is 13.1. The van der Waals surface area contributed by atoms with Crippen LogP contribution in [0.5, 0.6) is 0 Å². The molecular formula is C9H9BrFN. The molecule has 0 atom stereocenters. The lowest BCUT2D eigenvalue weighted by molar-refractivity contribution is 0.624. The van der Waals surface area contributed by atoms with Gasteiger partial charge in [-0.2, -0.15) is 0 Å². The number of hydrogen-bond acceptors (Lipinski definition) is 1. The molecule has 0 radical (unpaired) electrons. The summed E-state index contributed by atoms with van der Waals surface area (Å²) < 4.78 is 13.8. The lowest BCUT2D eigenvalue weighted by Gasteiger charge is -1.98. The van der Waals surface area contributed by atoms with E-state index in [-0.39, 0.29) is 5.82 Å². The van der Waals surface area contributed by atoms with Gasteiger partial charge in [0.05, 0.1) is 0 Å². The number of rotatable bonds is 2. The summed E-state index contributed by atoms with van der Waals surface area (Å²) in [6.45, 7) is 0.417. The Morgan fingerprint density at radius 3 is 2.83 bits per heavy atom. The van der Waals surface area contributed by atoms with Crippen LogP contribution in [0.1, 0.15) is 5.56 Å². The van der Waals surface area contributed by atoms with E-state index in [1.54, 1.807) is 24.3 Å². The van der Waals surface area contributed by atoms with Crippen LogP contribution >= 0.6 is 15.9 Å². The molecule has 0 spiro atoms. The van der Waals surface area contributed by atoms with E-state index in [1.165, 1.54) is 6.07 Å². The Morgan fingerprint density at radius 1 is 1.50 bits per heavy atom. The third kappa shape index (κ3) is 2.16. The van der Waals surface area contributed by atoms with Gasteiger partial charge in [-0.15, -0.1) is 0 Å². The van der Waals surface area contributed by atoms with Crippen LogP contribution in [-0.2, 0) is 0 Å². The molecule has 0 aromatic heterocycles. The molecule has 0 aliphatic rings. The standard InChI is InChI=1S/C9H9BrFN/c10-8-4-1-5-9(11)7(8)3-2-6-12/h1-5H,6,12H2/b3-2+. The van der Waals surface area contributed by atoms with E-state index in [1.807, 2.05) is 0 Å². The molecule has 0 aliphatic carbocycles. The van der Waals surface area contributed by atoms with Gasteiger partial charge in [0.1, 0.15) is 5.82 Å². The zero-order valence-corrected chi connectivity index (χ0v) is 8.01. The fourth-order valence-electron chi connectivity index (χ4n) is 0.856. The van der Waals surface area contributed by atoms with E-state index in [2.05, 4.69) is 15.9 Å². The van der Waals surface area contributed by atoms with Gasteiger partial charge in [-0.3, -0.25) is 0 Å². The largest absolute Gasteiger partial charge is 0.327 e. The van der Waals surface area contributed by atoms with E-state index in [0.717, 1.165) is 4.47 Å². The Bertz CT molecular complexity index is 276. The van der Waals surface area contributed by atoms with Gasteiger partial charge < -0.3 is 5.73 Å². The molecule has 0 heterocycles. The van der Waals surface area contributed by atoms with Crippen molar-refractivity contribution in [3.05, 3.63) is 40.1 Å². The smallest absolute Gasteiger partial charge is 0.131 e. The maximum atomic E-state index is 13.1. The van der Waals surface area contributed by atoms with Crippen molar-refractivity contribution in [2.24, 2.45) is 5.73 Å². The number of halogens is 2. The fraction of sp³-hybridized carbons (Fsp3) is 0.111. The van der Waals surface area contributed by atoms with Crippen molar-refractivity contribution < 1.29 is 4.39 Å². The molecule has 1 aromatic carbocycles. The Hall–Kier alpha value is -0.670. The summed E-state index contributed by atoms with van der Waals surface area (Å²) in [5, 5.41) is 0. The highest BCUT2D eigenvalue weighted by molar-refractivity contribution is 9.10. The van der Waals surface area contributed by atoms with Gasteiger partial charge in [-0.25, -0.2) is 4.39 Å². The van der Waals surface area contributed by atoms with Crippen molar-refractivity contribution in [1.82, 2.24) is 0 Å². The van der Waals surface area contributed by atoms with E-state index in [9.17, 15) is 4.39 Å². The molecule has 0 saturated heterocycles. The van der Waals surface area contributed by atoms with Crippen molar-refractivity contribution in [1.29, 1.82) is 0 Å². The molecule has 0 aliphatic heterocycles. The van der Waals surface area contributed by atoms with Gasteiger partial charge in [0.25, 0.3) is 0 Å². The zero-order chi connectivity index (χ0) is 8.97.